The molecule has 0 saturated carbocycles. The zero-order valence-electron chi connectivity index (χ0n) is 7.47. The minimum Gasteiger partial charge on any atom is -0.300 e. The Hall–Kier alpha value is -0.560. The molecule has 1 aliphatic rings. The maximum atomic E-state index is 11.5. The molecular weight excluding hydrogens is 272 g/mol. The van der Waals surface area contributed by atoms with Gasteiger partial charge in [-0.3, -0.25) is 19.8 Å². The first-order valence-electron chi connectivity index (χ1n) is 3.96. The molecule has 0 aromatic heterocycles. The summed E-state index contributed by atoms with van der Waals surface area (Å²) in [5, 5.41) is 10.7. The zero-order valence-corrected chi connectivity index (χ0v) is 9.88. The van der Waals surface area contributed by atoms with Crippen molar-refractivity contribution in [2.75, 3.05) is 12.3 Å². The topological polar surface area (TPSA) is 63.5 Å². The van der Waals surface area contributed by atoms with Gasteiger partial charge in [-0.2, -0.15) is 0 Å². The van der Waals surface area contributed by atoms with Crippen LogP contribution in [0.1, 0.15) is 6.92 Å². The highest BCUT2D eigenvalue weighted by atomic mass is 79.9. The SMILES string of the molecule is CC(Br)C(=O)N1CCSC1=C[N+](=O)[O-]. The molecule has 0 bridgehead atoms. The van der Waals surface area contributed by atoms with Crippen LogP contribution in [0, 0.1) is 10.1 Å². The van der Waals surface area contributed by atoms with Crippen molar-refractivity contribution in [1.29, 1.82) is 0 Å². The van der Waals surface area contributed by atoms with Crippen LogP contribution in [0.2, 0.25) is 0 Å². The van der Waals surface area contributed by atoms with Crippen molar-refractivity contribution in [3.05, 3.63) is 21.3 Å². The number of carbonyl (C=O) groups is 1. The van der Waals surface area contributed by atoms with Crippen LogP contribution in [0.25, 0.3) is 0 Å². The highest BCUT2D eigenvalue weighted by Gasteiger charge is 2.28. The molecule has 0 aromatic rings. The number of halogens is 1. The fourth-order valence-corrected chi connectivity index (χ4v) is 2.29. The van der Waals surface area contributed by atoms with Gasteiger partial charge in [-0.15, -0.1) is 11.8 Å². The van der Waals surface area contributed by atoms with Gasteiger partial charge < -0.3 is 0 Å². The number of amides is 1. The Labute approximate surface area is 93.8 Å². The molecule has 0 aromatic carbocycles. The maximum Gasteiger partial charge on any atom is 0.264 e. The summed E-state index contributed by atoms with van der Waals surface area (Å²) >= 11 is 4.47. The number of alkyl halides is 1. The molecule has 14 heavy (non-hydrogen) atoms. The monoisotopic (exact) mass is 280 g/mol. The molecule has 0 aliphatic carbocycles. The van der Waals surface area contributed by atoms with E-state index in [1.165, 1.54) is 16.7 Å². The highest BCUT2D eigenvalue weighted by molar-refractivity contribution is 9.10. The maximum absolute atomic E-state index is 11.5. The lowest BCUT2D eigenvalue weighted by atomic mass is 10.4. The van der Waals surface area contributed by atoms with Crippen LogP contribution in [0.5, 0.6) is 0 Å². The van der Waals surface area contributed by atoms with E-state index in [9.17, 15) is 14.9 Å². The van der Waals surface area contributed by atoms with Crippen LogP contribution in [-0.4, -0.2) is 32.9 Å². The summed E-state index contributed by atoms with van der Waals surface area (Å²) in [6.45, 7) is 2.24. The van der Waals surface area contributed by atoms with E-state index < -0.39 is 4.92 Å². The third-order valence-electron chi connectivity index (χ3n) is 1.65. The lowest BCUT2D eigenvalue weighted by Gasteiger charge is -2.16. The van der Waals surface area contributed by atoms with Crippen molar-refractivity contribution in [3.8, 4) is 0 Å². The van der Waals surface area contributed by atoms with Crippen LogP contribution in [0.15, 0.2) is 11.2 Å². The normalized spacial score (nSPS) is 21.3. The van der Waals surface area contributed by atoms with E-state index in [1.807, 2.05) is 0 Å². The zero-order chi connectivity index (χ0) is 10.7. The Morgan fingerprint density at radius 2 is 2.50 bits per heavy atom. The third-order valence-corrected chi connectivity index (χ3v) is 3.05. The molecule has 7 heteroatoms. The average Bonchev–Trinajstić information content (AvgIpc) is 2.49. The standard InChI is InChI=1S/C7H9BrN2O3S/c1-5(8)7(11)9-2-3-14-6(9)4-10(12)13/h4-5H,2-3H2,1H3. The lowest BCUT2D eigenvalue weighted by molar-refractivity contribution is -0.403. The van der Waals surface area contributed by atoms with Gasteiger partial charge in [0.05, 0.1) is 9.75 Å². The molecule has 5 nitrogen and oxygen atoms in total. The van der Waals surface area contributed by atoms with E-state index in [2.05, 4.69) is 15.9 Å². The van der Waals surface area contributed by atoms with Gasteiger partial charge in [0.1, 0.15) is 5.03 Å². The number of nitrogens with zero attached hydrogens (tertiary/aromatic N) is 2. The van der Waals surface area contributed by atoms with Crippen molar-refractivity contribution in [1.82, 2.24) is 4.90 Å². The third kappa shape index (κ3) is 2.71. The van der Waals surface area contributed by atoms with Gasteiger partial charge in [0.2, 0.25) is 5.91 Å². The predicted octanol–water partition coefficient (Wildman–Crippen LogP) is 1.42. The van der Waals surface area contributed by atoms with Gasteiger partial charge >= 0.3 is 0 Å². The highest BCUT2D eigenvalue weighted by Crippen LogP contribution is 2.28. The van der Waals surface area contributed by atoms with Gasteiger partial charge in [0.25, 0.3) is 6.20 Å². The molecule has 78 valence electrons. The summed E-state index contributed by atoms with van der Waals surface area (Å²) in [5.41, 5.74) is 0. The number of hydrogen-bond acceptors (Lipinski definition) is 4. The Morgan fingerprint density at radius 1 is 1.86 bits per heavy atom. The summed E-state index contributed by atoms with van der Waals surface area (Å²) < 4.78 is 0. The Bertz CT molecular complexity index is 293. The van der Waals surface area contributed by atoms with E-state index >= 15 is 0 Å². The largest absolute Gasteiger partial charge is 0.300 e. The molecule has 0 radical (unpaired) electrons. The first-order valence-corrected chi connectivity index (χ1v) is 5.86. The minimum atomic E-state index is -0.535. The summed E-state index contributed by atoms with van der Waals surface area (Å²) in [4.78, 5) is 22.4. The van der Waals surface area contributed by atoms with E-state index in [0.29, 0.717) is 17.3 Å². The predicted molar refractivity (Wildman–Crippen MR) is 57.6 cm³/mol. The summed E-state index contributed by atoms with van der Waals surface area (Å²) in [7, 11) is 0. The van der Waals surface area contributed by atoms with E-state index in [-0.39, 0.29) is 10.7 Å². The minimum absolute atomic E-state index is 0.136. The van der Waals surface area contributed by atoms with Gasteiger partial charge in [0, 0.05) is 12.3 Å². The second kappa shape index (κ2) is 4.79. The molecule has 1 heterocycles. The van der Waals surface area contributed by atoms with Gasteiger partial charge in [-0.1, -0.05) is 15.9 Å². The van der Waals surface area contributed by atoms with Crippen molar-refractivity contribution >= 4 is 33.6 Å². The van der Waals surface area contributed by atoms with Crippen LogP contribution < -0.4 is 0 Å². The molecule has 0 N–H and O–H groups in total. The van der Waals surface area contributed by atoms with Gasteiger partial charge in [-0.05, 0) is 6.92 Å². The number of hydrogen-bond donors (Lipinski definition) is 0. The molecule has 1 fully saturated rings. The number of nitro groups is 1. The molecule has 1 saturated heterocycles. The lowest BCUT2D eigenvalue weighted by Crippen LogP contribution is -2.32. The molecule has 0 spiro atoms. The summed E-state index contributed by atoms with van der Waals surface area (Å²) in [6.07, 6.45) is 0.880. The number of thioether (sulfide) groups is 1. The Morgan fingerprint density at radius 3 is 3.00 bits per heavy atom. The first kappa shape index (κ1) is 11.5. The second-order valence-electron chi connectivity index (χ2n) is 2.71. The summed E-state index contributed by atoms with van der Waals surface area (Å²) in [5.74, 6) is 0.577. The van der Waals surface area contributed by atoms with Gasteiger partial charge in [0.15, 0.2) is 0 Å². The second-order valence-corrected chi connectivity index (χ2v) is 5.20. The molecule has 1 atom stereocenters. The average molecular weight is 281 g/mol. The molecular formula is C7H9BrN2O3S. The molecule has 1 amide bonds. The number of rotatable bonds is 2. The van der Waals surface area contributed by atoms with E-state index in [1.54, 1.807) is 6.92 Å². The molecule has 1 aliphatic heterocycles. The number of carbonyl (C=O) groups excluding carboxylic acids is 1. The quantitative estimate of drug-likeness (QED) is 0.436. The van der Waals surface area contributed by atoms with Crippen LogP contribution in [0.3, 0.4) is 0 Å². The van der Waals surface area contributed by atoms with Crippen LogP contribution >= 0.6 is 27.7 Å². The van der Waals surface area contributed by atoms with Crippen molar-refractivity contribution < 1.29 is 9.72 Å². The molecule has 1 rings (SSSR count). The summed E-state index contributed by atoms with van der Waals surface area (Å²) in [6, 6.07) is 0. The molecule has 1 unspecified atom stereocenters. The van der Waals surface area contributed by atoms with Crippen molar-refractivity contribution in [3.63, 3.8) is 0 Å². The first-order chi connectivity index (χ1) is 6.52. The fourth-order valence-electron chi connectivity index (χ4n) is 1.06. The fraction of sp³-hybridized carbons (Fsp3) is 0.571. The van der Waals surface area contributed by atoms with E-state index in [0.717, 1.165) is 6.20 Å². The van der Waals surface area contributed by atoms with E-state index in [4.69, 9.17) is 0 Å². The van der Waals surface area contributed by atoms with Crippen LogP contribution in [-0.2, 0) is 4.79 Å². The Kier molecular flexibility index (Phi) is 3.94. The Balaban J connectivity index is 2.79. The van der Waals surface area contributed by atoms with Gasteiger partial charge in [-0.25, -0.2) is 0 Å². The smallest absolute Gasteiger partial charge is 0.264 e. The van der Waals surface area contributed by atoms with Crippen molar-refractivity contribution in [2.24, 2.45) is 0 Å². The van der Waals surface area contributed by atoms with Crippen molar-refractivity contribution in [2.45, 2.75) is 11.8 Å². The van der Waals surface area contributed by atoms with Crippen LogP contribution in [0.4, 0.5) is 0 Å².